The molecule has 0 amide bonds. The van der Waals surface area contributed by atoms with Crippen LogP contribution in [0.1, 0.15) is 30.5 Å². The van der Waals surface area contributed by atoms with Crippen molar-refractivity contribution in [2.24, 2.45) is 5.92 Å². The molecule has 10 nitrogen and oxygen atoms in total. The smallest absolute Gasteiger partial charge is 0.475 e. The molecule has 1 aromatic carbocycles. The lowest BCUT2D eigenvalue weighted by Gasteiger charge is -2.21. The van der Waals surface area contributed by atoms with Crippen LogP contribution in [-0.4, -0.2) is 55.6 Å². The van der Waals surface area contributed by atoms with Crippen LogP contribution in [0.4, 0.5) is 19.0 Å². The van der Waals surface area contributed by atoms with Crippen LogP contribution in [0.15, 0.2) is 45.9 Å². The number of carboxylic acids is 1. The molecule has 0 unspecified atom stereocenters. The average molecular weight is 571 g/mol. The molecule has 2 aromatic heterocycles. The summed E-state index contributed by atoms with van der Waals surface area (Å²) in [6, 6.07) is 8.74. The Morgan fingerprint density at radius 1 is 1.15 bits per heavy atom. The van der Waals surface area contributed by atoms with Crippen molar-refractivity contribution in [2.75, 3.05) is 25.5 Å². The number of halogens is 3. The summed E-state index contributed by atoms with van der Waals surface area (Å²) in [6.45, 7) is 5.68. The predicted octanol–water partition coefficient (Wildman–Crippen LogP) is 4.33. The standard InChI is InChI=1S/C23H28N4O4S.C2HF3O2/c1-15-3-4-19(32(28,29)26-8-5-17-6-9-30-10-7-17)13-20(15)18-12-21(23(24)25-14-18)22-11-16(2)27-31-22;3-2(4,5)1(6)7/h3-4,11-14,17,26H,5-10H2,1-2H3,(H2,24,25);(H,6,7). The highest BCUT2D eigenvalue weighted by Gasteiger charge is 2.38. The monoisotopic (exact) mass is 570 g/mol. The number of aromatic nitrogens is 2. The Kier molecular flexibility index (Phi) is 9.69. The van der Waals surface area contributed by atoms with Crippen molar-refractivity contribution in [3.63, 3.8) is 0 Å². The largest absolute Gasteiger partial charge is 0.490 e. The first-order valence-electron chi connectivity index (χ1n) is 12.0. The van der Waals surface area contributed by atoms with Crippen LogP contribution in [0.2, 0.25) is 0 Å². The first-order chi connectivity index (χ1) is 18.3. The van der Waals surface area contributed by atoms with E-state index in [9.17, 15) is 21.6 Å². The lowest BCUT2D eigenvalue weighted by atomic mass is 9.97. The Hall–Kier alpha value is -3.49. The number of aryl methyl sites for hydroxylation is 2. The number of hydrogen-bond donors (Lipinski definition) is 3. The lowest BCUT2D eigenvalue weighted by molar-refractivity contribution is -0.192. The van der Waals surface area contributed by atoms with Gasteiger partial charge in [-0.25, -0.2) is 22.9 Å². The molecule has 3 heterocycles. The van der Waals surface area contributed by atoms with Crippen molar-refractivity contribution in [3.8, 4) is 22.5 Å². The van der Waals surface area contributed by atoms with Gasteiger partial charge >= 0.3 is 12.1 Å². The number of nitrogens with one attached hydrogen (secondary N) is 1. The molecule has 0 atom stereocenters. The molecule has 14 heteroatoms. The van der Waals surface area contributed by atoms with E-state index in [0.29, 0.717) is 29.6 Å². The summed E-state index contributed by atoms with van der Waals surface area (Å²) in [6.07, 6.45) is -0.677. The second-order valence-corrected chi connectivity index (χ2v) is 10.8. The number of aliphatic carboxylic acids is 1. The summed E-state index contributed by atoms with van der Waals surface area (Å²) >= 11 is 0. The Labute approximate surface area is 223 Å². The van der Waals surface area contributed by atoms with Crippen LogP contribution in [0.3, 0.4) is 0 Å². The Balaban J connectivity index is 0.000000532. The van der Waals surface area contributed by atoms with Gasteiger partial charge in [-0.15, -0.1) is 0 Å². The van der Waals surface area contributed by atoms with Crippen LogP contribution in [0.5, 0.6) is 0 Å². The molecule has 4 N–H and O–H groups in total. The maximum absolute atomic E-state index is 12.9. The van der Waals surface area contributed by atoms with Crippen molar-refractivity contribution >= 4 is 21.8 Å². The predicted molar refractivity (Wildman–Crippen MR) is 136 cm³/mol. The summed E-state index contributed by atoms with van der Waals surface area (Å²) in [5.41, 5.74) is 9.85. The summed E-state index contributed by atoms with van der Waals surface area (Å²) in [5.74, 6) is -1.42. The van der Waals surface area contributed by atoms with Gasteiger partial charge in [0.05, 0.1) is 16.2 Å². The molecule has 1 aliphatic heterocycles. The van der Waals surface area contributed by atoms with E-state index in [1.807, 2.05) is 19.9 Å². The third-order valence-corrected chi connectivity index (χ3v) is 7.53. The topological polar surface area (TPSA) is 158 Å². The van der Waals surface area contributed by atoms with Crippen LogP contribution in [0, 0.1) is 19.8 Å². The van der Waals surface area contributed by atoms with E-state index in [1.165, 1.54) is 0 Å². The van der Waals surface area contributed by atoms with E-state index in [4.69, 9.17) is 24.9 Å². The van der Waals surface area contributed by atoms with Gasteiger partial charge in [-0.1, -0.05) is 11.2 Å². The number of nitrogens with zero attached hydrogens (tertiary/aromatic N) is 2. The number of ether oxygens (including phenoxy) is 1. The normalized spacial score (nSPS) is 14.5. The van der Waals surface area contributed by atoms with Crippen LogP contribution >= 0.6 is 0 Å². The molecule has 0 bridgehead atoms. The summed E-state index contributed by atoms with van der Waals surface area (Å²) in [7, 11) is -3.63. The first-order valence-corrected chi connectivity index (χ1v) is 13.4. The van der Waals surface area contributed by atoms with E-state index in [2.05, 4.69) is 14.9 Å². The molecule has 1 fully saturated rings. The minimum atomic E-state index is -5.08. The zero-order valence-corrected chi connectivity index (χ0v) is 22.1. The van der Waals surface area contributed by atoms with E-state index in [-0.39, 0.29) is 4.90 Å². The van der Waals surface area contributed by atoms with Gasteiger partial charge in [0.2, 0.25) is 10.0 Å². The Morgan fingerprint density at radius 3 is 2.41 bits per heavy atom. The van der Waals surface area contributed by atoms with Crippen molar-refractivity contribution in [1.82, 2.24) is 14.9 Å². The quantitative estimate of drug-likeness (QED) is 0.376. The fourth-order valence-corrected chi connectivity index (χ4v) is 4.98. The number of carboxylic acid groups (broad SMARTS) is 1. The fourth-order valence-electron chi connectivity index (χ4n) is 3.91. The first kappa shape index (κ1) is 30.1. The van der Waals surface area contributed by atoms with Crippen molar-refractivity contribution in [3.05, 3.63) is 47.8 Å². The number of carbonyl (C=O) groups is 1. The number of rotatable bonds is 7. The lowest BCUT2D eigenvalue weighted by Crippen LogP contribution is -2.27. The number of anilines is 1. The highest BCUT2D eigenvalue weighted by molar-refractivity contribution is 7.89. The van der Waals surface area contributed by atoms with Crippen LogP contribution < -0.4 is 10.5 Å². The zero-order chi connectivity index (χ0) is 28.8. The SMILES string of the molecule is Cc1cc(-c2cc(-c3cc(S(=O)(=O)NCCC4CCOCC4)ccc3C)cnc2N)on1.O=C(O)C(F)(F)F. The van der Waals surface area contributed by atoms with Crippen molar-refractivity contribution in [2.45, 2.75) is 44.2 Å². The van der Waals surface area contributed by atoms with Gasteiger partial charge in [-0.05, 0) is 68.4 Å². The van der Waals surface area contributed by atoms with E-state index in [0.717, 1.165) is 54.9 Å². The van der Waals surface area contributed by atoms with Gasteiger partial charge < -0.3 is 20.1 Å². The molecule has 0 aliphatic carbocycles. The van der Waals surface area contributed by atoms with Gasteiger partial charge in [0.25, 0.3) is 0 Å². The number of sulfonamides is 1. The average Bonchev–Trinajstić information content (AvgIpc) is 3.31. The van der Waals surface area contributed by atoms with Gasteiger partial charge in [-0.2, -0.15) is 13.2 Å². The summed E-state index contributed by atoms with van der Waals surface area (Å²) in [4.78, 5) is 13.4. The number of alkyl halides is 3. The number of nitrogens with two attached hydrogens (primary N) is 1. The van der Waals surface area contributed by atoms with E-state index in [1.54, 1.807) is 30.5 Å². The number of nitrogen functional groups attached to an aromatic ring is 1. The fraction of sp³-hybridized carbons (Fsp3) is 0.400. The maximum Gasteiger partial charge on any atom is 0.490 e. The molecule has 0 radical (unpaired) electrons. The van der Waals surface area contributed by atoms with Gasteiger partial charge in [0, 0.05) is 37.6 Å². The van der Waals surface area contributed by atoms with E-state index >= 15 is 0 Å². The van der Waals surface area contributed by atoms with Crippen molar-refractivity contribution in [1.29, 1.82) is 0 Å². The molecule has 4 rings (SSSR count). The second-order valence-electron chi connectivity index (χ2n) is 9.01. The van der Waals surface area contributed by atoms with Gasteiger partial charge in [-0.3, -0.25) is 0 Å². The Bertz CT molecular complexity index is 1400. The summed E-state index contributed by atoms with van der Waals surface area (Å²) < 4.78 is 71.0. The molecule has 0 saturated carbocycles. The molecule has 39 heavy (non-hydrogen) atoms. The van der Waals surface area contributed by atoms with Crippen LogP contribution in [0.25, 0.3) is 22.5 Å². The second kappa shape index (κ2) is 12.6. The van der Waals surface area contributed by atoms with Crippen LogP contribution in [-0.2, 0) is 19.6 Å². The molecule has 0 spiro atoms. The highest BCUT2D eigenvalue weighted by Crippen LogP contribution is 2.32. The van der Waals surface area contributed by atoms with Gasteiger partial charge in [0.1, 0.15) is 5.82 Å². The molecule has 1 aliphatic rings. The maximum atomic E-state index is 12.9. The number of hydrogen-bond acceptors (Lipinski definition) is 8. The Morgan fingerprint density at radius 2 is 1.82 bits per heavy atom. The third-order valence-electron chi connectivity index (χ3n) is 6.07. The minimum Gasteiger partial charge on any atom is -0.475 e. The van der Waals surface area contributed by atoms with Gasteiger partial charge in [0.15, 0.2) is 5.76 Å². The molecular weight excluding hydrogens is 541 g/mol. The minimum absolute atomic E-state index is 0.221. The molecule has 212 valence electrons. The molecule has 1 saturated heterocycles. The van der Waals surface area contributed by atoms with Crippen molar-refractivity contribution < 1.29 is 40.8 Å². The number of pyridine rings is 1. The molecule has 3 aromatic rings. The zero-order valence-electron chi connectivity index (χ0n) is 21.3. The van der Waals surface area contributed by atoms with E-state index < -0.39 is 22.2 Å². The molecular formula is C25H29F3N4O6S. The number of benzene rings is 1. The summed E-state index contributed by atoms with van der Waals surface area (Å²) in [5, 5.41) is 11.0. The highest BCUT2D eigenvalue weighted by atomic mass is 32.2. The third kappa shape index (κ3) is 8.25.